The molecule has 148 valence electrons. The second-order valence-corrected chi connectivity index (χ2v) is 6.69. The van der Waals surface area contributed by atoms with Crippen LogP contribution in [0.2, 0.25) is 0 Å². The van der Waals surface area contributed by atoms with Crippen LogP contribution >= 0.6 is 0 Å². The Morgan fingerprint density at radius 1 is 1.10 bits per heavy atom. The first-order chi connectivity index (χ1) is 14.3. The van der Waals surface area contributed by atoms with E-state index in [2.05, 4.69) is 54.0 Å². The average Bonchev–Trinajstić information content (AvgIpc) is 3.43. The van der Waals surface area contributed by atoms with Crippen LogP contribution in [0.5, 0.6) is 0 Å². The monoisotopic (exact) mass is 389 g/mol. The van der Waals surface area contributed by atoms with Crippen molar-refractivity contribution < 1.29 is 0 Å². The summed E-state index contributed by atoms with van der Waals surface area (Å²) in [6.45, 7) is 3.04. The van der Waals surface area contributed by atoms with E-state index in [0.29, 0.717) is 18.2 Å². The molecule has 0 spiro atoms. The molecule has 0 atom stereocenters. The van der Waals surface area contributed by atoms with Crippen LogP contribution in [-0.4, -0.2) is 47.4 Å². The quantitative estimate of drug-likeness (QED) is 0.477. The maximum absolute atomic E-state index is 4.68. The lowest BCUT2D eigenvalue weighted by atomic mass is 10.0. The van der Waals surface area contributed by atoms with Crippen molar-refractivity contribution in [3.05, 3.63) is 54.0 Å². The number of hydrogen-bond acceptors (Lipinski definition) is 7. The van der Waals surface area contributed by atoms with Gasteiger partial charge in [0.2, 0.25) is 11.8 Å². The third-order valence-electron chi connectivity index (χ3n) is 4.67. The van der Waals surface area contributed by atoms with Crippen molar-refractivity contribution in [2.45, 2.75) is 32.7 Å². The number of nitrogens with one attached hydrogen (secondary N) is 2. The average molecular weight is 389 g/mol. The van der Waals surface area contributed by atoms with Crippen molar-refractivity contribution >= 4 is 5.95 Å². The molecule has 0 amide bonds. The molecule has 0 bridgehead atoms. The van der Waals surface area contributed by atoms with Crippen molar-refractivity contribution in [1.82, 2.24) is 40.4 Å². The summed E-state index contributed by atoms with van der Waals surface area (Å²) in [6.07, 6.45) is 4.76. The van der Waals surface area contributed by atoms with Crippen molar-refractivity contribution in [2.75, 3.05) is 12.4 Å². The first kappa shape index (κ1) is 18.7. The number of aromatic nitrogens is 8. The maximum Gasteiger partial charge on any atom is 0.242 e. The number of rotatable bonds is 8. The number of hydrogen-bond donors (Lipinski definition) is 2. The van der Waals surface area contributed by atoms with Crippen LogP contribution in [0, 0.1) is 0 Å². The van der Waals surface area contributed by atoms with Crippen LogP contribution in [0.15, 0.2) is 42.6 Å². The third kappa shape index (κ3) is 4.13. The zero-order chi connectivity index (χ0) is 20.1. The lowest BCUT2D eigenvalue weighted by Crippen LogP contribution is -2.07. The Morgan fingerprint density at radius 3 is 2.66 bits per heavy atom. The molecule has 0 aliphatic carbocycles. The van der Waals surface area contributed by atoms with Crippen LogP contribution < -0.4 is 5.32 Å². The third-order valence-corrected chi connectivity index (χ3v) is 4.67. The van der Waals surface area contributed by atoms with E-state index in [9.17, 15) is 0 Å². The predicted octanol–water partition coefficient (Wildman–Crippen LogP) is 2.95. The van der Waals surface area contributed by atoms with Gasteiger partial charge in [-0.1, -0.05) is 43.7 Å². The summed E-state index contributed by atoms with van der Waals surface area (Å²) in [4.78, 5) is 9.27. The molecular formula is C20H23N9. The van der Waals surface area contributed by atoms with Gasteiger partial charge in [-0.15, -0.1) is 15.3 Å². The van der Waals surface area contributed by atoms with Gasteiger partial charge in [0.1, 0.15) is 5.82 Å². The summed E-state index contributed by atoms with van der Waals surface area (Å²) in [5.74, 6) is 2.13. The summed E-state index contributed by atoms with van der Waals surface area (Å²) in [7, 11) is 1.83. The van der Waals surface area contributed by atoms with Gasteiger partial charge in [0.25, 0.3) is 0 Å². The van der Waals surface area contributed by atoms with Crippen LogP contribution in [0.25, 0.3) is 22.6 Å². The predicted molar refractivity (Wildman–Crippen MR) is 110 cm³/mol. The van der Waals surface area contributed by atoms with Crippen molar-refractivity contribution in [3.8, 4) is 22.6 Å². The normalized spacial score (nSPS) is 11.0. The summed E-state index contributed by atoms with van der Waals surface area (Å²) in [5.41, 5.74) is 3.79. The Hall–Kier alpha value is -3.62. The summed E-state index contributed by atoms with van der Waals surface area (Å²) in [6, 6.07) is 12.0. The van der Waals surface area contributed by atoms with Gasteiger partial charge < -0.3 is 5.32 Å². The van der Waals surface area contributed by atoms with E-state index in [4.69, 9.17) is 0 Å². The lowest BCUT2D eigenvalue weighted by molar-refractivity contribution is 0.550. The molecule has 1 aromatic carbocycles. The zero-order valence-electron chi connectivity index (χ0n) is 16.5. The van der Waals surface area contributed by atoms with E-state index in [1.165, 1.54) is 0 Å². The molecule has 0 radical (unpaired) electrons. The minimum absolute atomic E-state index is 0.551. The van der Waals surface area contributed by atoms with E-state index in [1.54, 1.807) is 0 Å². The Kier molecular flexibility index (Phi) is 5.55. The van der Waals surface area contributed by atoms with Crippen molar-refractivity contribution in [3.63, 3.8) is 0 Å². The van der Waals surface area contributed by atoms with Gasteiger partial charge in [-0.2, -0.15) is 10.2 Å². The highest BCUT2D eigenvalue weighted by atomic mass is 15.5. The Bertz CT molecular complexity index is 1050. The number of aryl methyl sites for hydroxylation is 1. The lowest BCUT2D eigenvalue weighted by Gasteiger charge is -2.08. The topological polar surface area (TPSA) is 110 Å². The molecule has 0 aliphatic heterocycles. The van der Waals surface area contributed by atoms with Crippen LogP contribution in [0.3, 0.4) is 0 Å². The maximum atomic E-state index is 4.68. The van der Waals surface area contributed by atoms with E-state index >= 15 is 0 Å². The van der Waals surface area contributed by atoms with Crippen molar-refractivity contribution in [1.29, 1.82) is 0 Å². The summed E-state index contributed by atoms with van der Waals surface area (Å²) < 4.78 is 1.98. The number of H-pyrrole nitrogens is 1. The Labute approximate surface area is 168 Å². The van der Waals surface area contributed by atoms with Crippen LogP contribution in [-0.2, 0) is 13.0 Å². The van der Waals surface area contributed by atoms with E-state index in [0.717, 1.165) is 47.6 Å². The number of tetrazole rings is 1. The molecular weight excluding hydrogens is 366 g/mol. The fourth-order valence-corrected chi connectivity index (χ4v) is 3.15. The molecule has 3 heterocycles. The zero-order valence-corrected chi connectivity index (χ0v) is 16.5. The van der Waals surface area contributed by atoms with Gasteiger partial charge in [-0.25, -0.2) is 4.68 Å². The standard InChI is InChI=1S/C20H23N9/c1-3-4-11-29-18(23-20(21-2)26-29)12-14-9-10-17(22-13-14)15-7-5-6-8-16(15)19-24-27-28-25-19/h5-10,13H,3-4,11-12H2,1-2H3,(H,21,26)(H,24,25,27,28). The number of unbranched alkanes of at least 4 members (excludes halogenated alkanes) is 1. The van der Waals surface area contributed by atoms with Gasteiger partial charge in [-0.3, -0.25) is 4.98 Å². The van der Waals surface area contributed by atoms with Gasteiger partial charge in [0, 0.05) is 37.3 Å². The minimum atomic E-state index is 0.551. The Morgan fingerprint density at radius 2 is 1.97 bits per heavy atom. The number of anilines is 1. The SMILES string of the molecule is CCCCn1nc(NC)nc1Cc1ccc(-c2ccccc2-c2nn[nH]n2)nc1. The number of aromatic amines is 1. The molecule has 9 nitrogen and oxygen atoms in total. The molecule has 2 N–H and O–H groups in total. The van der Waals surface area contributed by atoms with Gasteiger partial charge in [0.15, 0.2) is 0 Å². The van der Waals surface area contributed by atoms with Gasteiger partial charge >= 0.3 is 0 Å². The number of benzene rings is 1. The Balaban J connectivity index is 1.58. The number of nitrogens with zero attached hydrogens (tertiary/aromatic N) is 7. The van der Waals surface area contributed by atoms with Crippen LogP contribution in [0.1, 0.15) is 31.2 Å². The first-order valence-corrected chi connectivity index (χ1v) is 9.68. The van der Waals surface area contributed by atoms with E-state index in [-0.39, 0.29) is 0 Å². The molecule has 4 rings (SSSR count). The molecule has 0 aliphatic rings. The fraction of sp³-hybridized carbons (Fsp3) is 0.300. The molecule has 0 fully saturated rings. The van der Waals surface area contributed by atoms with E-state index in [1.807, 2.05) is 48.3 Å². The molecule has 0 saturated heterocycles. The molecule has 9 heteroatoms. The highest BCUT2D eigenvalue weighted by Gasteiger charge is 2.13. The van der Waals surface area contributed by atoms with Crippen LogP contribution in [0.4, 0.5) is 5.95 Å². The molecule has 3 aromatic heterocycles. The second-order valence-electron chi connectivity index (χ2n) is 6.69. The molecule has 0 saturated carbocycles. The number of pyridine rings is 1. The summed E-state index contributed by atoms with van der Waals surface area (Å²) in [5, 5.41) is 21.9. The highest BCUT2D eigenvalue weighted by Crippen LogP contribution is 2.28. The first-order valence-electron chi connectivity index (χ1n) is 9.68. The highest BCUT2D eigenvalue weighted by molar-refractivity contribution is 5.78. The van der Waals surface area contributed by atoms with E-state index < -0.39 is 0 Å². The molecule has 4 aromatic rings. The molecule has 29 heavy (non-hydrogen) atoms. The fourth-order valence-electron chi connectivity index (χ4n) is 3.15. The summed E-state index contributed by atoms with van der Waals surface area (Å²) >= 11 is 0. The largest absolute Gasteiger partial charge is 0.356 e. The smallest absolute Gasteiger partial charge is 0.242 e. The molecule has 0 unspecified atom stereocenters. The second kappa shape index (κ2) is 8.59. The van der Waals surface area contributed by atoms with Gasteiger partial charge in [0.05, 0.1) is 5.69 Å². The van der Waals surface area contributed by atoms with Gasteiger partial charge in [-0.05, 0) is 23.3 Å². The van der Waals surface area contributed by atoms with Crippen molar-refractivity contribution in [2.24, 2.45) is 0 Å². The minimum Gasteiger partial charge on any atom is -0.356 e.